The summed E-state index contributed by atoms with van der Waals surface area (Å²) in [7, 11) is 0. The van der Waals surface area contributed by atoms with Crippen molar-refractivity contribution in [3.05, 3.63) is 88.0 Å². The highest BCUT2D eigenvalue weighted by Crippen LogP contribution is 2.29. The molecule has 142 valence electrons. The van der Waals surface area contributed by atoms with Crippen LogP contribution in [-0.4, -0.2) is 16.8 Å². The molecule has 3 aromatic rings. The highest BCUT2D eigenvalue weighted by atomic mass is 79.9. The van der Waals surface area contributed by atoms with E-state index >= 15 is 0 Å². The van der Waals surface area contributed by atoms with Crippen LogP contribution in [0.15, 0.2) is 81.3 Å². The van der Waals surface area contributed by atoms with Gasteiger partial charge < -0.3 is 0 Å². The Bertz CT molecular complexity index is 976. The molecule has 0 saturated heterocycles. The van der Waals surface area contributed by atoms with Crippen LogP contribution < -0.4 is 10.9 Å². The summed E-state index contributed by atoms with van der Waals surface area (Å²) < 4.78 is 0.887. The van der Waals surface area contributed by atoms with Gasteiger partial charge in [-0.1, -0.05) is 43.0 Å². The van der Waals surface area contributed by atoms with Crippen LogP contribution in [0.4, 0.5) is 0 Å². The second-order valence-corrected chi connectivity index (χ2v) is 7.85. The molecule has 0 radical (unpaired) electrons. The molecule has 2 N–H and O–H groups in total. The van der Waals surface area contributed by atoms with Gasteiger partial charge in [-0.2, -0.15) is 0 Å². The van der Waals surface area contributed by atoms with Gasteiger partial charge in [-0.25, -0.2) is 4.98 Å². The fourth-order valence-corrected chi connectivity index (χ4v) is 3.54. The zero-order valence-electron chi connectivity index (χ0n) is 15.1. The van der Waals surface area contributed by atoms with E-state index in [9.17, 15) is 9.59 Å². The van der Waals surface area contributed by atoms with Crippen LogP contribution in [0.1, 0.15) is 33.2 Å². The number of hydrogen-bond donors (Lipinski definition) is 2. The summed E-state index contributed by atoms with van der Waals surface area (Å²) in [5.74, 6) is -0.755. The Kier molecular flexibility index (Phi) is 6.84. The number of pyridine rings is 1. The van der Waals surface area contributed by atoms with Gasteiger partial charge >= 0.3 is 0 Å². The highest BCUT2D eigenvalue weighted by Gasteiger charge is 2.14. The third kappa shape index (κ3) is 5.21. The maximum Gasteiger partial charge on any atom is 0.270 e. The second-order valence-electron chi connectivity index (χ2n) is 5.87. The first kappa shape index (κ1) is 20.1. The number of aromatic nitrogens is 1. The van der Waals surface area contributed by atoms with E-state index in [1.807, 2.05) is 36.4 Å². The van der Waals surface area contributed by atoms with E-state index in [4.69, 9.17) is 0 Å². The van der Waals surface area contributed by atoms with Crippen LogP contribution in [0, 0.1) is 0 Å². The van der Waals surface area contributed by atoms with E-state index in [0.29, 0.717) is 11.1 Å². The molecule has 2 aromatic carbocycles. The SMILES string of the molecule is CCc1ccc(C(=O)NNC(=O)c2ccccc2Sc2ccc(Br)cn2)cc1. The fourth-order valence-electron chi connectivity index (χ4n) is 2.42. The summed E-state index contributed by atoms with van der Waals surface area (Å²) in [6.07, 6.45) is 2.61. The molecule has 0 aliphatic rings. The van der Waals surface area contributed by atoms with E-state index < -0.39 is 5.91 Å². The smallest absolute Gasteiger partial charge is 0.267 e. The van der Waals surface area contributed by atoms with Crippen molar-refractivity contribution < 1.29 is 9.59 Å². The van der Waals surface area contributed by atoms with Crippen LogP contribution >= 0.6 is 27.7 Å². The molecule has 0 fully saturated rings. The normalized spacial score (nSPS) is 10.4. The monoisotopic (exact) mass is 455 g/mol. The lowest BCUT2D eigenvalue weighted by Gasteiger charge is -2.11. The largest absolute Gasteiger partial charge is 0.270 e. The van der Waals surface area contributed by atoms with Crippen molar-refractivity contribution in [1.82, 2.24) is 15.8 Å². The van der Waals surface area contributed by atoms with Gasteiger partial charge in [-0.05, 0) is 64.3 Å². The van der Waals surface area contributed by atoms with Crippen LogP contribution in [0.5, 0.6) is 0 Å². The third-order valence-corrected chi connectivity index (χ3v) is 5.46. The molecule has 7 heteroatoms. The lowest BCUT2D eigenvalue weighted by molar-refractivity contribution is 0.0845. The van der Waals surface area contributed by atoms with Gasteiger partial charge in [-0.15, -0.1) is 0 Å². The average molecular weight is 456 g/mol. The van der Waals surface area contributed by atoms with Crippen molar-refractivity contribution >= 4 is 39.5 Å². The summed E-state index contributed by atoms with van der Waals surface area (Å²) >= 11 is 4.73. The molecular weight excluding hydrogens is 438 g/mol. The number of carbonyl (C=O) groups excluding carboxylic acids is 2. The van der Waals surface area contributed by atoms with Gasteiger partial charge in [0, 0.05) is 21.1 Å². The number of aryl methyl sites for hydroxylation is 1. The number of nitrogens with one attached hydrogen (secondary N) is 2. The van der Waals surface area contributed by atoms with Crippen LogP contribution in [0.3, 0.4) is 0 Å². The minimum absolute atomic E-state index is 0.365. The lowest BCUT2D eigenvalue weighted by atomic mass is 10.1. The summed E-state index contributed by atoms with van der Waals surface area (Å²) in [6.45, 7) is 2.05. The molecule has 0 unspecified atom stereocenters. The van der Waals surface area contributed by atoms with Gasteiger partial charge in [0.2, 0.25) is 0 Å². The molecule has 0 atom stereocenters. The van der Waals surface area contributed by atoms with Crippen LogP contribution in [0.2, 0.25) is 0 Å². The molecule has 2 amide bonds. The molecule has 0 aliphatic carbocycles. The lowest BCUT2D eigenvalue weighted by Crippen LogP contribution is -2.41. The first-order valence-corrected chi connectivity index (χ1v) is 10.3. The summed E-state index contributed by atoms with van der Waals surface area (Å²) in [6, 6.07) is 18.2. The minimum Gasteiger partial charge on any atom is -0.267 e. The zero-order valence-corrected chi connectivity index (χ0v) is 17.5. The zero-order chi connectivity index (χ0) is 19.9. The Morgan fingerprint density at radius 2 is 1.68 bits per heavy atom. The highest BCUT2D eigenvalue weighted by molar-refractivity contribution is 9.10. The maximum absolute atomic E-state index is 12.6. The van der Waals surface area contributed by atoms with E-state index in [-0.39, 0.29) is 5.91 Å². The van der Waals surface area contributed by atoms with Gasteiger partial charge in [0.05, 0.1) is 5.56 Å². The van der Waals surface area contributed by atoms with Gasteiger partial charge in [0.1, 0.15) is 5.03 Å². The minimum atomic E-state index is -0.390. The number of hydrogen-bond acceptors (Lipinski definition) is 4. The average Bonchev–Trinajstić information content (AvgIpc) is 2.74. The molecule has 3 rings (SSSR count). The van der Waals surface area contributed by atoms with E-state index in [2.05, 4.69) is 38.7 Å². The molecular formula is C21H18BrN3O2S. The van der Waals surface area contributed by atoms with Crippen molar-refractivity contribution in [3.63, 3.8) is 0 Å². The van der Waals surface area contributed by atoms with Gasteiger partial charge in [0.15, 0.2) is 0 Å². The van der Waals surface area contributed by atoms with Crippen LogP contribution in [0.25, 0.3) is 0 Å². The number of halogens is 1. The third-order valence-electron chi connectivity index (χ3n) is 3.96. The number of amides is 2. The molecule has 0 saturated carbocycles. The van der Waals surface area contributed by atoms with Gasteiger partial charge in [-0.3, -0.25) is 20.4 Å². The van der Waals surface area contributed by atoms with E-state index in [1.54, 1.807) is 30.5 Å². The molecule has 1 aromatic heterocycles. The standard InChI is InChI=1S/C21H18BrN3O2S/c1-2-14-7-9-15(10-8-14)20(26)24-25-21(27)17-5-3-4-6-18(17)28-19-12-11-16(22)13-23-19/h3-13H,2H2,1H3,(H,24,26)(H,25,27). The Morgan fingerprint density at radius 1 is 0.964 bits per heavy atom. The van der Waals surface area contributed by atoms with Crippen LogP contribution in [-0.2, 0) is 6.42 Å². The quantitative estimate of drug-likeness (QED) is 0.550. The Morgan fingerprint density at radius 3 is 2.36 bits per heavy atom. The topological polar surface area (TPSA) is 71.1 Å². The first-order valence-electron chi connectivity index (χ1n) is 8.65. The predicted octanol–water partition coefficient (Wildman–Crippen LogP) is 4.63. The molecule has 0 aliphatic heterocycles. The molecule has 28 heavy (non-hydrogen) atoms. The van der Waals surface area contributed by atoms with E-state index in [1.165, 1.54) is 11.8 Å². The number of benzene rings is 2. The predicted molar refractivity (Wildman–Crippen MR) is 113 cm³/mol. The molecule has 0 bridgehead atoms. The first-order chi connectivity index (χ1) is 13.6. The van der Waals surface area contributed by atoms with Crippen molar-refractivity contribution in [1.29, 1.82) is 0 Å². The van der Waals surface area contributed by atoms with Crippen molar-refractivity contribution in [2.75, 3.05) is 0 Å². The Hall–Kier alpha value is -2.64. The molecule has 5 nitrogen and oxygen atoms in total. The second kappa shape index (κ2) is 9.52. The van der Waals surface area contributed by atoms with E-state index in [0.717, 1.165) is 26.4 Å². The van der Waals surface area contributed by atoms with Crippen molar-refractivity contribution in [2.24, 2.45) is 0 Å². The molecule has 0 spiro atoms. The number of hydrazine groups is 1. The van der Waals surface area contributed by atoms with Crippen molar-refractivity contribution in [2.45, 2.75) is 23.3 Å². The maximum atomic E-state index is 12.6. The van der Waals surface area contributed by atoms with Gasteiger partial charge in [0.25, 0.3) is 11.8 Å². The van der Waals surface area contributed by atoms with Crippen molar-refractivity contribution in [3.8, 4) is 0 Å². The Labute approximate surface area is 176 Å². The summed E-state index contributed by atoms with van der Waals surface area (Å²) in [4.78, 5) is 29.9. The number of rotatable bonds is 5. The summed E-state index contributed by atoms with van der Waals surface area (Å²) in [5, 5.41) is 0.767. The fraction of sp³-hybridized carbons (Fsp3) is 0.0952. The number of carbonyl (C=O) groups is 2. The Balaban J connectivity index is 1.67. The number of nitrogens with zero attached hydrogens (tertiary/aromatic N) is 1. The summed E-state index contributed by atoms with van der Waals surface area (Å²) in [5.41, 5.74) is 7.03. The molecule has 1 heterocycles.